The fourth-order valence-corrected chi connectivity index (χ4v) is 2.00. The van der Waals surface area contributed by atoms with Gasteiger partial charge in [0.15, 0.2) is 0 Å². The van der Waals surface area contributed by atoms with Gasteiger partial charge in [-0.1, -0.05) is 0 Å². The Hall–Kier alpha value is -1.42. The summed E-state index contributed by atoms with van der Waals surface area (Å²) in [5.74, 6) is 0.743. The van der Waals surface area contributed by atoms with Crippen LogP contribution in [0.1, 0.15) is 26.6 Å². The Morgan fingerprint density at radius 2 is 2.06 bits per heavy atom. The molecule has 0 radical (unpaired) electrons. The average molecular weight is 249 g/mol. The molecule has 1 aromatic carbocycles. The Balaban J connectivity index is 2.16. The lowest BCUT2D eigenvalue weighted by molar-refractivity contribution is 0.426. The number of nitrogens with one attached hydrogen (secondary N) is 1. The molecule has 18 heavy (non-hydrogen) atoms. The van der Waals surface area contributed by atoms with Crippen LogP contribution in [-0.4, -0.2) is 21.6 Å². The summed E-state index contributed by atoms with van der Waals surface area (Å²) in [5.41, 5.74) is 1.81. The molecule has 2 aromatic rings. The number of hydrogen-bond donors (Lipinski definition) is 1. The fraction of sp³-hybridized carbons (Fsp3) is 0.500. The van der Waals surface area contributed by atoms with Gasteiger partial charge in [0, 0.05) is 31.6 Å². The van der Waals surface area contributed by atoms with Crippen molar-refractivity contribution in [1.29, 1.82) is 0 Å². The zero-order valence-electron chi connectivity index (χ0n) is 11.4. The molecule has 0 atom stereocenters. The zero-order valence-corrected chi connectivity index (χ0v) is 11.4. The van der Waals surface area contributed by atoms with Crippen LogP contribution >= 0.6 is 0 Å². The van der Waals surface area contributed by atoms with Crippen molar-refractivity contribution in [2.45, 2.75) is 32.7 Å². The zero-order chi connectivity index (χ0) is 13.3. The van der Waals surface area contributed by atoms with E-state index < -0.39 is 0 Å². The quantitative estimate of drug-likeness (QED) is 0.906. The maximum atomic E-state index is 13.1. The van der Waals surface area contributed by atoms with Crippen LogP contribution in [-0.2, 0) is 13.5 Å². The number of aromatic nitrogens is 2. The summed E-state index contributed by atoms with van der Waals surface area (Å²) in [6, 6.07) is 4.73. The maximum absolute atomic E-state index is 13.1. The van der Waals surface area contributed by atoms with Gasteiger partial charge in [-0.3, -0.25) is 0 Å². The van der Waals surface area contributed by atoms with Gasteiger partial charge in [0.1, 0.15) is 11.6 Å². The lowest BCUT2D eigenvalue weighted by Gasteiger charge is -2.20. The molecule has 0 spiro atoms. The van der Waals surface area contributed by atoms with Gasteiger partial charge >= 0.3 is 0 Å². The molecule has 3 nitrogen and oxygen atoms in total. The molecule has 98 valence electrons. The number of halogens is 1. The number of rotatable bonds is 3. The number of hydrogen-bond acceptors (Lipinski definition) is 2. The van der Waals surface area contributed by atoms with Crippen molar-refractivity contribution in [2.75, 3.05) is 6.54 Å². The molecule has 0 aliphatic heterocycles. The Morgan fingerprint density at radius 1 is 1.33 bits per heavy atom. The molecular weight excluding hydrogens is 229 g/mol. The summed E-state index contributed by atoms with van der Waals surface area (Å²) in [6.45, 7) is 7.27. The predicted molar refractivity (Wildman–Crippen MR) is 72.1 cm³/mol. The van der Waals surface area contributed by atoms with Crippen molar-refractivity contribution in [3.05, 3.63) is 29.8 Å². The SMILES string of the molecule is Cn1c(CCNC(C)(C)C)nc2cc(F)ccc21. The number of nitrogens with zero attached hydrogens (tertiary/aromatic N) is 2. The lowest BCUT2D eigenvalue weighted by Crippen LogP contribution is -2.37. The first-order valence-electron chi connectivity index (χ1n) is 6.23. The van der Waals surface area contributed by atoms with Gasteiger partial charge < -0.3 is 9.88 Å². The van der Waals surface area contributed by atoms with Crippen molar-refractivity contribution in [3.8, 4) is 0 Å². The summed E-state index contributed by atoms with van der Waals surface area (Å²) in [4.78, 5) is 4.48. The number of benzene rings is 1. The van der Waals surface area contributed by atoms with Gasteiger partial charge in [-0.2, -0.15) is 0 Å². The van der Waals surface area contributed by atoms with Crippen LogP contribution < -0.4 is 5.32 Å². The van der Waals surface area contributed by atoms with E-state index in [4.69, 9.17) is 0 Å². The molecule has 4 heteroatoms. The minimum atomic E-state index is -0.236. The van der Waals surface area contributed by atoms with E-state index in [-0.39, 0.29) is 11.4 Å². The summed E-state index contributed by atoms with van der Waals surface area (Å²) in [7, 11) is 1.97. The number of fused-ring (bicyclic) bond motifs is 1. The molecule has 0 amide bonds. The lowest BCUT2D eigenvalue weighted by atomic mass is 10.1. The van der Waals surface area contributed by atoms with Crippen LogP contribution in [0.3, 0.4) is 0 Å². The first-order chi connectivity index (χ1) is 8.37. The second-order valence-corrected chi connectivity index (χ2v) is 5.65. The van der Waals surface area contributed by atoms with Crippen LogP contribution in [0.25, 0.3) is 11.0 Å². The van der Waals surface area contributed by atoms with Crippen molar-refractivity contribution in [1.82, 2.24) is 14.9 Å². The summed E-state index contributed by atoms with van der Waals surface area (Å²) in [6.07, 6.45) is 0.837. The summed E-state index contributed by atoms with van der Waals surface area (Å²) < 4.78 is 15.2. The monoisotopic (exact) mass is 249 g/mol. The highest BCUT2D eigenvalue weighted by atomic mass is 19.1. The largest absolute Gasteiger partial charge is 0.331 e. The van der Waals surface area contributed by atoms with Crippen molar-refractivity contribution >= 4 is 11.0 Å². The van der Waals surface area contributed by atoms with Gasteiger partial charge in [0.25, 0.3) is 0 Å². The third-order valence-electron chi connectivity index (χ3n) is 2.94. The van der Waals surface area contributed by atoms with Gasteiger partial charge in [-0.15, -0.1) is 0 Å². The van der Waals surface area contributed by atoms with Crippen molar-refractivity contribution in [3.63, 3.8) is 0 Å². The van der Waals surface area contributed by atoms with Crippen molar-refractivity contribution < 1.29 is 4.39 Å². The molecule has 0 saturated heterocycles. The minimum Gasteiger partial charge on any atom is -0.331 e. The molecule has 0 bridgehead atoms. The van der Waals surface area contributed by atoms with E-state index in [0.717, 1.165) is 29.8 Å². The second-order valence-electron chi connectivity index (χ2n) is 5.65. The highest BCUT2D eigenvalue weighted by Gasteiger charge is 2.11. The molecule has 0 saturated carbocycles. The number of imidazole rings is 1. The topological polar surface area (TPSA) is 29.9 Å². The Bertz CT molecular complexity index is 552. The van der Waals surface area contributed by atoms with E-state index in [1.165, 1.54) is 12.1 Å². The molecule has 0 fully saturated rings. The number of aryl methyl sites for hydroxylation is 1. The molecule has 0 unspecified atom stereocenters. The highest BCUT2D eigenvalue weighted by molar-refractivity contribution is 5.75. The molecule has 1 N–H and O–H groups in total. The molecular formula is C14H20FN3. The van der Waals surface area contributed by atoms with E-state index >= 15 is 0 Å². The van der Waals surface area contributed by atoms with E-state index in [2.05, 4.69) is 31.1 Å². The van der Waals surface area contributed by atoms with E-state index in [0.29, 0.717) is 0 Å². The predicted octanol–water partition coefficient (Wildman–Crippen LogP) is 2.64. The van der Waals surface area contributed by atoms with Crippen LogP contribution in [0.2, 0.25) is 0 Å². The maximum Gasteiger partial charge on any atom is 0.125 e. The first-order valence-corrected chi connectivity index (χ1v) is 6.23. The summed E-state index contributed by atoms with van der Waals surface area (Å²) in [5, 5.41) is 3.43. The molecule has 1 aromatic heterocycles. The van der Waals surface area contributed by atoms with Gasteiger partial charge in [-0.25, -0.2) is 9.37 Å². The van der Waals surface area contributed by atoms with Gasteiger partial charge in [0.05, 0.1) is 11.0 Å². The molecule has 1 heterocycles. The van der Waals surface area contributed by atoms with Crippen LogP contribution in [0.4, 0.5) is 4.39 Å². The standard InChI is InChI=1S/C14H20FN3/c1-14(2,3)16-8-7-13-17-11-9-10(15)5-6-12(11)18(13)4/h5-6,9,16H,7-8H2,1-4H3. The Morgan fingerprint density at radius 3 is 2.72 bits per heavy atom. The Kier molecular flexibility index (Phi) is 3.39. The first kappa shape index (κ1) is 13.0. The molecule has 0 aliphatic carbocycles. The van der Waals surface area contributed by atoms with Crippen molar-refractivity contribution in [2.24, 2.45) is 7.05 Å². The van der Waals surface area contributed by atoms with Crippen LogP contribution in [0.15, 0.2) is 18.2 Å². The second kappa shape index (κ2) is 4.69. The smallest absolute Gasteiger partial charge is 0.125 e. The average Bonchev–Trinajstić information content (AvgIpc) is 2.53. The molecule has 2 rings (SSSR count). The Labute approximate surface area is 107 Å². The van der Waals surface area contributed by atoms with Gasteiger partial charge in [0.2, 0.25) is 0 Å². The van der Waals surface area contributed by atoms with E-state index in [9.17, 15) is 4.39 Å². The third-order valence-corrected chi connectivity index (χ3v) is 2.94. The minimum absolute atomic E-state index is 0.108. The van der Waals surface area contributed by atoms with E-state index in [1.807, 2.05) is 11.6 Å². The highest BCUT2D eigenvalue weighted by Crippen LogP contribution is 2.16. The summed E-state index contributed by atoms with van der Waals surface area (Å²) >= 11 is 0. The van der Waals surface area contributed by atoms with E-state index in [1.54, 1.807) is 6.07 Å². The normalized spacial score (nSPS) is 12.3. The van der Waals surface area contributed by atoms with Gasteiger partial charge in [-0.05, 0) is 32.9 Å². The third kappa shape index (κ3) is 2.88. The fourth-order valence-electron chi connectivity index (χ4n) is 2.00. The molecule has 0 aliphatic rings. The van der Waals surface area contributed by atoms with Crippen LogP contribution in [0.5, 0.6) is 0 Å². The van der Waals surface area contributed by atoms with Crippen LogP contribution in [0, 0.1) is 5.82 Å².